The first-order valence-corrected chi connectivity index (χ1v) is 14.1. The number of pyridine rings is 1. The van der Waals surface area contributed by atoms with Crippen LogP contribution in [0.3, 0.4) is 0 Å². The number of rotatable bonds is 7. The van der Waals surface area contributed by atoms with Gasteiger partial charge >= 0.3 is 0 Å². The number of nitrogens with zero attached hydrogens (tertiary/aromatic N) is 5. The van der Waals surface area contributed by atoms with Gasteiger partial charge in [0.15, 0.2) is 0 Å². The van der Waals surface area contributed by atoms with Crippen molar-refractivity contribution < 1.29 is 8.42 Å². The van der Waals surface area contributed by atoms with Crippen LogP contribution in [0.5, 0.6) is 0 Å². The number of piperazine rings is 1. The van der Waals surface area contributed by atoms with Crippen LogP contribution in [0.25, 0.3) is 22.0 Å². The number of sulfonamides is 1. The van der Waals surface area contributed by atoms with Gasteiger partial charge in [0.2, 0.25) is 10.0 Å². The molecular weight excluding hydrogens is 531 g/mol. The molecule has 0 spiro atoms. The Labute approximate surface area is 226 Å². The van der Waals surface area contributed by atoms with Gasteiger partial charge in [-0.15, -0.1) is 0 Å². The Morgan fingerprint density at radius 3 is 2.54 bits per heavy atom. The maximum absolute atomic E-state index is 13.1. The van der Waals surface area contributed by atoms with E-state index in [0.717, 1.165) is 34.4 Å². The van der Waals surface area contributed by atoms with Crippen LogP contribution in [0.2, 0.25) is 10.0 Å². The Morgan fingerprint density at radius 2 is 1.81 bits per heavy atom. The summed E-state index contributed by atoms with van der Waals surface area (Å²) in [6.07, 6.45) is 5.15. The Morgan fingerprint density at radius 1 is 1.00 bits per heavy atom. The maximum atomic E-state index is 13.1. The van der Waals surface area contributed by atoms with Crippen molar-refractivity contribution in [2.24, 2.45) is 0 Å². The summed E-state index contributed by atoms with van der Waals surface area (Å²) in [6.45, 7) is 4.90. The molecule has 2 aromatic carbocycles. The highest BCUT2D eigenvalue weighted by Crippen LogP contribution is 2.30. The molecule has 1 unspecified atom stereocenters. The van der Waals surface area contributed by atoms with Gasteiger partial charge in [-0.05, 0) is 37.3 Å². The average Bonchev–Trinajstić information content (AvgIpc) is 2.91. The summed E-state index contributed by atoms with van der Waals surface area (Å²) in [7, 11) is -3.63. The normalized spacial score (nSPS) is 16.1. The van der Waals surface area contributed by atoms with Crippen molar-refractivity contribution in [3.05, 3.63) is 77.3 Å². The maximum Gasteiger partial charge on any atom is 0.243 e. The lowest BCUT2D eigenvalue weighted by Gasteiger charge is -2.35. The molecule has 4 aromatic rings. The number of aromatic nitrogens is 3. The van der Waals surface area contributed by atoms with Gasteiger partial charge in [0.1, 0.15) is 12.1 Å². The zero-order valence-electron chi connectivity index (χ0n) is 20.2. The fraction of sp³-hybridized carbons (Fsp3) is 0.269. The van der Waals surface area contributed by atoms with Crippen molar-refractivity contribution in [2.75, 3.05) is 38.0 Å². The van der Waals surface area contributed by atoms with Crippen LogP contribution in [0.4, 0.5) is 5.82 Å². The molecule has 0 amide bonds. The van der Waals surface area contributed by atoms with Gasteiger partial charge in [0, 0.05) is 67.7 Å². The zero-order valence-corrected chi connectivity index (χ0v) is 22.5. The molecule has 37 heavy (non-hydrogen) atoms. The average molecular weight is 558 g/mol. The quantitative estimate of drug-likeness (QED) is 0.349. The molecule has 1 N–H and O–H groups in total. The predicted molar refractivity (Wildman–Crippen MR) is 148 cm³/mol. The first-order valence-electron chi connectivity index (χ1n) is 11.9. The van der Waals surface area contributed by atoms with Crippen LogP contribution in [-0.2, 0) is 10.0 Å². The molecule has 2 aromatic heterocycles. The summed E-state index contributed by atoms with van der Waals surface area (Å²) in [5.74, 6) is 0.768. The van der Waals surface area contributed by atoms with Gasteiger partial charge in [0.25, 0.3) is 0 Å². The summed E-state index contributed by atoms with van der Waals surface area (Å²) in [4.78, 5) is 15.7. The molecule has 0 bridgehead atoms. The number of anilines is 1. The lowest BCUT2D eigenvalue weighted by molar-refractivity contribution is 0.184. The van der Waals surface area contributed by atoms with E-state index in [4.69, 9.17) is 23.2 Å². The van der Waals surface area contributed by atoms with Crippen LogP contribution in [0.15, 0.2) is 72.1 Å². The second kappa shape index (κ2) is 10.9. The molecular formula is C26H26Cl2N6O2S. The van der Waals surface area contributed by atoms with E-state index in [1.165, 1.54) is 22.5 Å². The monoisotopic (exact) mass is 556 g/mol. The summed E-state index contributed by atoms with van der Waals surface area (Å²) >= 11 is 12.0. The van der Waals surface area contributed by atoms with Gasteiger partial charge in [-0.25, -0.2) is 18.4 Å². The van der Waals surface area contributed by atoms with Gasteiger partial charge in [-0.3, -0.25) is 9.88 Å². The van der Waals surface area contributed by atoms with Crippen molar-refractivity contribution in [1.82, 2.24) is 24.2 Å². The van der Waals surface area contributed by atoms with Crippen LogP contribution in [0, 0.1) is 0 Å². The molecule has 0 radical (unpaired) electrons. The third-order valence-electron chi connectivity index (χ3n) is 6.41. The molecule has 11 heteroatoms. The van der Waals surface area contributed by atoms with E-state index in [1.807, 2.05) is 36.5 Å². The lowest BCUT2D eigenvalue weighted by Crippen LogP contribution is -2.50. The number of nitrogens with one attached hydrogen (secondary N) is 1. The number of hydrogen-bond acceptors (Lipinski definition) is 7. The highest BCUT2D eigenvalue weighted by atomic mass is 35.5. The molecule has 1 aliphatic rings. The summed E-state index contributed by atoms with van der Waals surface area (Å²) in [5.41, 5.74) is 2.86. The van der Waals surface area contributed by atoms with Gasteiger partial charge in [-0.1, -0.05) is 41.4 Å². The Balaban J connectivity index is 1.24. The molecule has 1 saturated heterocycles. The minimum Gasteiger partial charge on any atom is -0.366 e. The highest BCUT2D eigenvalue weighted by Gasteiger charge is 2.29. The topological polar surface area (TPSA) is 91.3 Å². The van der Waals surface area contributed by atoms with Crippen molar-refractivity contribution in [3.8, 4) is 11.1 Å². The van der Waals surface area contributed by atoms with E-state index < -0.39 is 10.0 Å². The van der Waals surface area contributed by atoms with E-state index in [-0.39, 0.29) is 16.0 Å². The molecule has 5 rings (SSSR count). The van der Waals surface area contributed by atoms with Crippen LogP contribution >= 0.6 is 23.2 Å². The van der Waals surface area contributed by atoms with Gasteiger partial charge in [0.05, 0.1) is 20.5 Å². The number of fused-ring (bicyclic) bond motifs is 1. The molecule has 192 valence electrons. The summed E-state index contributed by atoms with van der Waals surface area (Å²) in [5, 5.41) is 5.02. The van der Waals surface area contributed by atoms with Crippen molar-refractivity contribution in [2.45, 2.75) is 17.9 Å². The van der Waals surface area contributed by atoms with Crippen LogP contribution in [0.1, 0.15) is 6.92 Å². The van der Waals surface area contributed by atoms with E-state index in [9.17, 15) is 8.42 Å². The minimum atomic E-state index is -3.63. The fourth-order valence-electron chi connectivity index (χ4n) is 4.56. The second-order valence-corrected chi connectivity index (χ2v) is 11.7. The van der Waals surface area contributed by atoms with E-state index in [1.54, 1.807) is 12.5 Å². The largest absolute Gasteiger partial charge is 0.366 e. The molecule has 1 atom stereocenters. The summed E-state index contributed by atoms with van der Waals surface area (Å²) < 4.78 is 27.6. The standard InChI is InChI=1S/C26H26Cl2N6O2S/c1-18(16-33-10-12-34(13-11-33)37(35,36)20-7-8-23(27)24(28)14-20)32-26-22-6-2-5-21(25(22)30-17-31-26)19-4-3-9-29-15-19/h2-9,14-15,17-18H,10-13,16H2,1H3,(H,30,31,32). The summed E-state index contributed by atoms with van der Waals surface area (Å²) in [6, 6.07) is 14.5. The molecule has 1 fully saturated rings. The smallest absolute Gasteiger partial charge is 0.243 e. The number of para-hydroxylation sites is 1. The minimum absolute atomic E-state index is 0.0818. The molecule has 1 aliphatic heterocycles. The number of hydrogen-bond donors (Lipinski definition) is 1. The van der Waals surface area contributed by atoms with Gasteiger partial charge in [-0.2, -0.15) is 4.31 Å². The first kappa shape index (κ1) is 25.8. The van der Waals surface area contributed by atoms with E-state index in [0.29, 0.717) is 31.2 Å². The fourth-order valence-corrected chi connectivity index (χ4v) is 6.37. The zero-order chi connectivity index (χ0) is 26.0. The Bertz CT molecular complexity index is 1510. The third-order valence-corrected chi connectivity index (χ3v) is 9.05. The number of halogens is 2. The highest BCUT2D eigenvalue weighted by molar-refractivity contribution is 7.89. The van der Waals surface area contributed by atoms with E-state index in [2.05, 4.69) is 32.1 Å². The predicted octanol–water partition coefficient (Wildman–Crippen LogP) is 4.81. The Kier molecular flexibility index (Phi) is 7.60. The second-order valence-electron chi connectivity index (χ2n) is 8.99. The molecule has 3 heterocycles. The van der Waals surface area contributed by atoms with Crippen molar-refractivity contribution >= 4 is 49.9 Å². The molecule has 8 nitrogen and oxygen atoms in total. The van der Waals surface area contributed by atoms with Crippen molar-refractivity contribution in [3.63, 3.8) is 0 Å². The van der Waals surface area contributed by atoms with Crippen molar-refractivity contribution in [1.29, 1.82) is 0 Å². The molecule has 0 saturated carbocycles. The first-order chi connectivity index (χ1) is 17.8. The number of benzene rings is 2. The molecule has 0 aliphatic carbocycles. The third kappa shape index (κ3) is 5.56. The Hall–Kier alpha value is -2.82. The van der Waals surface area contributed by atoms with E-state index >= 15 is 0 Å². The SMILES string of the molecule is CC(CN1CCN(S(=O)(=O)c2ccc(Cl)c(Cl)c2)CC1)Nc1ncnc2c(-c3cccnc3)cccc12. The van der Waals surface area contributed by atoms with Gasteiger partial charge < -0.3 is 5.32 Å². The van der Waals surface area contributed by atoms with Crippen LogP contribution in [-0.4, -0.2) is 71.3 Å². The lowest BCUT2D eigenvalue weighted by atomic mass is 10.0. The van der Waals surface area contributed by atoms with Crippen LogP contribution < -0.4 is 5.32 Å².